The number of aliphatic hydroxyl groups excluding tert-OH is 1. The van der Waals surface area contributed by atoms with Gasteiger partial charge in [-0.05, 0) is 32.9 Å². The molecule has 0 aliphatic carbocycles. The maximum absolute atomic E-state index is 12.1. The Morgan fingerprint density at radius 1 is 1.29 bits per heavy atom. The lowest BCUT2D eigenvalue weighted by atomic mass is 10.1. The van der Waals surface area contributed by atoms with Gasteiger partial charge in [0.05, 0.1) is 6.10 Å². The molecule has 0 spiro atoms. The molecule has 2 heterocycles. The molecule has 0 bridgehead atoms. The number of urea groups is 1. The van der Waals surface area contributed by atoms with Crippen molar-refractivity contribution in [2.24, 2.45) is 0 Å². The third kappa shape index (κ3) is 4.07. The van der Waals surface area contributed by atoms with E-state index in [1.54, 1.807) is 0 Å². The minimum atomic E-state index is -1.06. The Morgan fingerprint density at radius 2 is 1.95 bits per heavy atom. The molecule has 2 saturated heterocycles. The van der Waals surface area contributed by atoms with Crippen LogP contribution in [-0.4, -0.2) is 76.4 Å². The van der Waals surface area contributed by atoms with Gasteiger partial charge in [-0.25, -0.2) is 9.59 Å². The number of likely N-dealkylation sites (tertiary alicyclic amines) is 2. The molecule has 1 unspecified atom stereocenters. The normalized spacial score (nSPS) is 28.4. The zero-order valence-corrected chi connectivity index (χ0v) is 12.5. The summed E-state index contributed by atoms with van der Waals surface area (Å²) in [4.78, 5) is 26.8. The van der Waals surface area contributed by atoms with Crippen LogP contribution in [0.15, 0.2) is 0 Å². The molecule has 2 aliphatic heterocycles. The number of β-amino-alcohol motifs (C(OH)–C–C–N with tert-alkyl or cyclic N) is 1. The van der Waals surface area contributed by atoms with Crippen LogP contribution in [0.5, 0.6) is 0 Å². The molecular weight excluding hydrogens is 274 g/mol. The van der Waals surface area contributed by atoms with Crippen molar-refractivity contribution >= 4 is 12.0 Å². The molecule has 2 amide bonds. The van der Waals surface area contributed by atoms with E-state index in [9.17, 15) is 14.7 Å². The molecular formula is C14H25N3O4. The summed E-state index contributed by atoms with van der Waals surface area (Å²) in [6.45, 7) is 4.76. The third-order valence-electron chi connectivity index (χ3n) is 4.39. The lowest BCUT2D eigenvalue weighted by Crippen LogP contribution is -2.50. The quantitative estimate of drug-likeness (QED) is 0.684. The number of hydrogen-bond donors (Lipinski definition) is 3. The molecule has 2 aliphatic rings. The Labute approximate surface area is 124 Å². The molecule has 2 rings (SSSR count). The van der Waals surface area contributed by atoms with Gasteiger partial charge in [-0.15, -0.1) is 0 Å². The highest BCUT2D eigenvalue weighted by Crippen LogP contribution is 2.18. The van der Waals surface area contributed by atoms with Gasteiger partial charge in [0.15, 0.2) is 0 Å². The fraction of sp³-hybridized carbons (Fsp3) is 0.857. The highest BCUT2D eigenvalue weighted by atomic mass is 16.4. The number of aliphatic hydroxyl groups is 1. The number of aliphatic carboxylic acids is 1. The van der Waals surface area contributed by atoms with Crippen molar-refractivity contribution in [3.63, 3.8) is 0 Å². The molecule has 0 aromatic rings. The van der Waals surface area contributed by atoms with Gasteiger partial charge in [-0.2, -0.15) is 0 Å². The third-order valence-corrected chi connectivity index (χ3v) is 4.39. The maximum atomic E-state index is 12.1. The fourth-order valence-corrected chi connectivity index (χ4v) is 3.10. The van der Waals surface area contributed by atoms with Gasteiger partial charge in [0.2, 0.25) is 0 Å². The number of piperidine rings is 1. The van der Waals surface area contributed by atoms with Crippen LogP contribution in [0.3, 0.4) is 0 Å². The first-order valence-corrected chi connectivity index (χ1v) is 7.68. The minimum Gasteiger partial charge on any atom is -0.480 e. The van der Waals surface area contributed by atoms with E-state index in [4.69, 9.17) is 5.11 Å². The molecule has 2 fully saturated rings. The lowest BCUT2D eigenvalue weighted by molar-refractivity contribution is -0.141. The Kier molecular flexibility index (Phi) is 5.41. The predicted molar refractivity (Wildman–Crippen MR) is 77.0 cm³/mol. The Hall–Kier alpha value is -1.34. The average Bonchev–Trinajstić information content (AvgIpc) is 2.87. The minimum absolute atomic E-state index is 0.0842. The standard InChI is InChI=1S/C14H25N3O4/c1-10(16-5-3-2-4-6-16)8-15-14(21)17-9-11(18)7-12(17)13(19)20/h10-12,18H,2-9H2,1H3,(H,15,21)(H,19,20)/t10?,11-,12+/m1/s1. The first-order chi connectivity index (χ1) is 9.99. The van der Waals surface area contributed by atoms with Crippen LogP contribution in [0.4, 0.5) is 4.79 Å². The zero-order chi connectivity index (χ0) is 15.4. The van der Waals surface area contributed by atoms with Crippen molar-refractivity contribution in [1.29, 1.82) is 0 Å². The average molecular weight is 299 g/mol. The number of rotatable bonds is 4. The van der Waals surface area contributed by atoms with Gasteiger partial charge in [0, 0.05) is 25.6 Å². The van der Waals surface area contributed by atoms with Gasteiger partial charge in [0.1, 0.15) is 6.04 Å². The largest absolute Gasteiger partial charge is 0.480 e. The van der Waals surface area contributed by atoms with E-state index in [1.165, 1.54) is 24.2 Å². The number of nitrogens with one attached hydrogen (secondary N) is 1. The van der Waals surface area contributed by atoms with Crippen LogP contribution >= 0.6 is 0 Å². The maximum Gasteiger partial charge on any atom is 0.326 e. The number of hydrogen-bond acceptors (Lipinski definition) is 4. The van der Waals surface area contributed by atoms with E-state index in [1.807, 2.05) is 0 Å². The molecule has 3 N–H and O–H groups in total. The van der Waals surface area contributed by atoms with E-state index in [2.05, 4.69) is 17.1 Å². The van der Waals surface area contributed by atoms with E-state index in [0.29, 0.717) is 6.54 Å². The summed E-state index contributed by atoms with van der Waals surface area (Å²) >= 11 is 0. The summed E-state index contributed by atoms with van der Waals surface area (Å²) in [5.41, 5.74) is 0. The highest BCUT2D eigenvalue weighted by Gasteiger charge is 2.39. The van der Waals surface area contributed by atoms with E-state index in [0.717, 1.165) is 13.1 Å². The monoisotopic (exact) mass is 299 g/mol. The lowest BCUT2D eigenvalue weighted by Gasteiger charge is -2.33. The van der Waals surface area contributed by atoms with Crippen molar-refractivity contribution in [2.75, 3.05) is 26.2 Å². The van der Waals surface area contributed by atoms with Crippen LogP contribution < -0.4 is 5.32 Å². The number of carbonyl (C=O) groups excluding carboxylic acids is 1. The number of amides is 2. The van der Waals surface area contributed by atoms with E-state index < -0.39 is 24.1 Å². The van der Waals surface area contributed by atoms with Crippen molar-refractivity contribution in [1.82, 2.24) is 15.1 Å². The second kappa shape index (κ2) is 7.09. The van der Waals surface area contributed by atoms with Crippen molar-refractivity contribution in [2.45, 2.75) is 50.8 Å². The Morgan fingerprint density at radius 3 is 2.57 bits per heavy atom. The fourth-order valence-electron chi connectivity index (χ4n) is 3.10. The molecule has 7 heteroatoms. The summed E-state index contributed by atoms with van der Waals surface area (Å²) in [5, 5.41) is 21.4. The topological polar surface area (TPSA) is 93.1 Å². The first kappa shape index (κ1) is 16.0. The second-order valence-electron chi connectivity index (χ2n) is 6.03. The smallest absolute Gasteiger partial charge is 0.326 e. The van der Waals surface area contributed by atoms with Gasteiger partial charge in [0.25, 0.3) is 0 Å². The summed E-state index contributed by atoms with van der Waals surface area (Å²) in [6.07, 6.45) is 3.00. The van der Waals surface area contributed by atoms with Gasteiger partial charge in [-0.3, -0.25) is 4.90 Å². The summed E-state index contributed by atoms with van der Waals surface area (Å²) in [7, 11) is 0. The zero-order valence-electron chi connectivity index (χ0n) is 12.5. The molecule has 120 valence electrons. The van der Waals surface area contributed by atoms with Gasteiger partial charge < -0.3 is 20.4 Å². The summed E-state index contributed by atoms with van der Waals surface area (Å²) in [5.74, 6) is -1.06. The Balaban J connectivity index is 1.81. The Bertz CT molecular complexity index is 384. The summed E-state index contributed by atoms with van der Waals surface area (Å²) < 4.78 is 0. The molecule has 0 saturated carbocycles. The van der Waals surface area contributed by atoms with Crippen LogP contribution in [0.25, 0.3) is 0 Å². The molecule has 7 nitrogen and oxygen atoms in total. The predicted octanol–water partition coefficient (Wildman–Crippen LogP) is 0.0902. The van der Waals surface area contributed by atoms with Crippen molar-refractivity contribution < 1.29 is 19.8 Å². The molecule has 3 atom stereocenters. The van der Waals surface area contributed by atoms with Crippen LogP contribution in [0, 0.1) is 0 Å². The van der Waals surface area contributed by atoms with Crippen LogP contribution in [0.2, 0.25) is 0 Å². The highest BCUT2D eigenvalue weighted by molar-refractivity contribution is 5.83. The number of carboxylic acid groups (broad SMARTS) is 1. The number of nitrogens with zero attached hydrogens (tertiary/aromatic N) is 2. The SMILES string of the molecule is CC(CNC(=O)N1C[C@H](O)C[C@H]1C(=O)O)N1CCCCC1. The second-order valence-corrected chi connectivity index (χ2v) is 6.03. The van der Waals surface area contributed by atoms with E-state index >= 15 is 0 Å². The molecule has 0 aromatic carbocycles. The molecule has 0 aromatic heterocycles. The van der Waals surface area contributed by atoms with Crippen LogP contribution in [-0.2, 0) is 4.79 Å². The molecule has 0 radical (unpaired) electrons. The van der Waals surface area contributed by atoms with Crippen molar-refractivity contribution in [3.05, 3.63) is 0 Å². The number of carboxylic acids is 1. The summed E-state index contributed by atoms with van der Waals surface area (Å²) in [6, 6.07) is -1.09. The number of carbonyl (C=O) groups is 2. The van der Waals surface area contributed by atoms with E-state index in [-0.39, 0.29) is 19.0 Å². The van der Waals surface area contributed by atoms with Gasteiger partial charge in [-0.1, -0.05) is 6.42 Å². The first-order valence-electron chi connectivity index (χ1n) is 7.68. The molecule has 21 heavy (non-hydrogen) atoms. The van der Waals surface area contributed by atoms with Crippen LogP contribution in [0.1, 0.15) is 32.6 Å². The van der Waals surface area contributed by atoms with Crippen molar-refractivity contribution in [3.8, 4) is 0 Å². The van der Waals surface area contributed by atoms with Gasteiger partial charge >= 0.3 is 12.0 Å².